The number of carboxylic acids is 2. The van der Waals surface area contributed by atoms with Crippen molar-refractivity contribution in [3.8, 4) is 0 Å². The summed E-state index contributed by atoms with van der Waals surface area (Å²) in [6, 6.07) is 0. The lowest BCUT2D eigenvalue weighted by Crippen LogP contribution is -2.14. The highest BCUT2D eigenvalue weighted by Gasteiger charge is 2.05. The Hall–Kier alpha value is -3.42. The van der Waals surface area contributed by atoms with Crippen LogP contribution in [-0.4, -0.2) is 47.3 Å². The molecule has 0 aromatic carbocycles. The fraction of sp³-hybridized carbons (Fsp3) is 0.364. The molecule has 8 nitrogen and oxygen atoms in total. The largest absolute Gasteiger partial charge is 0.478 e. The minimum absolute atomic E-state index is 0.0325. The molecule has 170 valence electrons. The predicted octanol–water partition coefficient (Wildman–Crippen LogP) is 4.10. The molecule has 0 unspecified atom stereocenters. The average Bonchev–Trinajstić information content (AvgIpc) is 2.65. The predicted molar refractivity (Wildman–Crippen MR) is 117 cm³/mol. The first-order valence-corrected chi connectivity index (χ1v) is 8.69. The van der Waals surface area contributed by atoms with Crippen molar-refractivity contribution in [1.82, 2.24) is 0 Å². The number of allylic oxidation sites excluding steroid dienone is 1. The van der Waals surface area contributed by atoms with Crippen LogP contribution in [0.5, 0.6) is 0 Å². The van der Waals surface area contributed by atoms with Gasteiger partial charge >= 0.3 is 23.9 Å². The molecule has 0 aliphatic heterocycles. The van der Waals surface area contributed by atoms with Crippen molar-refractivity contribution >= 4 is 23.9 Å². The van der Waals surface area contributed by atoms with E-state index in [1.807, 2.05) is 6.08 Å². The maximum atomic E-state index is 10.8. The first-order chi connectivity index (χ1) is 13.6. The quantitative estimate of drug-likeness (QED) is 0.257. The summed E-state index contributed by atoms with van der Waals surface area (Å²) in [4.78, 5) is 40.9. The third kappa shape index (κ3) is 32.3. The maximum Gasteiger partial charge on any atom is 0.333 e. The van der Waals surface area contributed by atoms with Crippen LogP contribution in [0.2, 0.25) is 0 Å². The highest BCUT2D eigenvalue weighted by molar-refractivity contribution is 5.87. The van der Waals surface area contributed by atoms with Crippen LogP contribution in [-0.2, 0) is 28.7 Å². The minimum atomic E-state index is -0.935. The highest BCUT2D eigenvalue weighted by Crippen LogP contribution is 1.94. The van der Waals surface area contributed by atoms with E-state index < -0.39 is 23.9 Å². The molecule has 0 aromatic rings. The lowest BCUT2D eigenvalue weighted by atomic mass is 10.4. The normalized spacial score (nSPS) is 8.03. The monoisotopic (exact) mass is 426 g/mol. The molecule has 0 saturated carbocycles. The molecule has 0 aliphatic rings. The first-order valence-electron chi connectivity index (χ1n) is 8.69. The topological polar surface area (TPSA) is 127 Å². The third-order valence-electron chi connectivity index (χ3n) is 2.27. The van der Waals surface area contributed by atoms with Gasteiger partial charge in [-0.2, -0.15) is 0 Å². The lowest BCUT2D eigenvalue weighted by molar-refractivity contribution is -0.147. The Bertz CT molecular complexity index is 566. The smallest absolute Gasteiger partial charge is 0.333 e. The van der Waals surface area contributed by atoms with E-state index in [4.69, 9.17) is 10.2 Å². The van der Waals surface area contributed by atoms with Crippen molar-refractivity contribution in [1.29, 1.82) is 0 Å². The van der Waals surface area contributed by atoms with Crippen LogP contribution < -0.4 is 0 Å². The van der Waals surface area contributed by atoms with Gasteiger partial charge in [0.1, 0.15) is 13.2 Å². The van der Waals surface area contributed by atoms with Gasteiger partial charge in [-0.3, -0.25) is 0 Å². The summed E-state index contributed by atoms with van der Waals surface area (Å²) < 4.78 is 9.38. The number of carbonyl (C=O) groups is 4. The Balaban J connectivity index is -0.000000175. The molecule has 8 heteroatoms. The number of hydrogen-bond acceptors (Lipinski definition) is 6. The Kier molecular flexibility index (Phi) is 24.9. The summed E-state index contributed by atoms with van der Waals surface area (Å²) >= 11 is 0. The van der Waals surface area contributed by atoms with Crippen LogP contribution in [0.15, 0.2) is 61.3 Å². The van der Waals surface area contributed by atoms with Crippen LogP contribution in [0.25, 0.3) is 0 Å². The van der Waals surface area contributed by atoms with Crippen LogP contribution in [0.1, 0.15) is 41.0 Å². The van der Waals surface area contributed by atoms with Crippen molar-refractivity contribution in [2.24, 2.45) is 0 Å². The zero-order chi connectivity index (χ0) is 24.9. The Morgan fingerprint density at radius 1 is 0.700 bits per heavy atom. The van der Waals surface area contributed by atoms with Gasteiger partial charge in [0, 0.05) is 22.3 Å². The number of rotatable bonds is 8. The summed E-state index contributed by atoms with van der Waals surface area (Å²) in [7, 11) is 0. The highest BCUT2D eigenvalue weighted by atomic mass is 16.6. The van der Waals surface area contributed by atoms with E-state index in [2.05, 4.69) is 49.3 Å². The molecule has 0 fully saturated rings. The molecule has 0 atom stereocenters. The summed E-state index contributed by atoms with van der Waals surface area (Å²) in [5.41, 5.74) is 0.984. The Morgan fingerprint density at radius 2 is 0.900 bits per heavy atom. The number of carboxylic acid groups (broad SMARTS) is 2. The van der Waals surface area contributed by atoms with Crippen molar-refractivity contribution in [3.05, 3.63) is 61.3 Å². The van der Waals surface area contributed by atoms with E-state index in [0.29, 0.717) is 11.1 Å². The number of ether oxygens (including phenoxy) is 2. The van der Waals surface area contributed by atoms with Gasteiger partial charge in [0.2, 0.25) is 0 Å². The van der Waals surface area contributed by atoms with E-state index in [1.54, 1.807) is 13.8 Å². The van der Waals surface area contributed by atoms with E-state index in [-0.39, 0.29) is 24.4 Å². The van der Waals surface area contributed by atoms with Crippen LogP contribution in [0.3, 0.4) is 0 Å². The zero-order valence-electron chi connectivity index (χ0n) is 18.6. The summed E-state index contributed by atoms with van der Waals surface area (Å²) in [6.07, 6.45) is 2.96. The van der Waals surface area contributed by atoms with Crippen LogP contribution in [0, 0.1) is 0 Å². The molecule has 0 aliphatic carbocycles. The fourth-order valence-corrected chi connectivity index (χ4v) is 0.515. The summed E-state index contributed by atoms with van der Waals surface area (Å²) in [5, 5.41) is 15.8. The van der Waals surface area contributed by atoms with Crippen LogP contribution in [0.4, 0.5) is 0 Å². The number of carbonyl (C=O) groups excluding carboxylic acids is 2. The number of esters is 2. The zero-order valence-corrected chi connectivity index (χ0v) is 18.6. The molecular weight excluding hydrogens is 392 g/mol. The second-order valence-electron chi connectivity index (χ2n) is 5.70. The second kappa shape index (κ2) is 21.9. The number of hydrogen-bond donors (Lipinski definition) is 2. The molecule has 0 spiro atoms. The fourth-order valence-electron chi connectivity index (χ4n) is 0.515. The lowest BCUT2D eigenvalue weighted by Gasteiger charge is -2.05. The molecule has 0 saturated heterocycles. The third-order valence-corrected chi connectivity index (χ3v) is 2.27. The van der Waals surface area contributed by atoms with Gasteiger partial charge in [-0.15, -0.1) is 6.58 Å². The van der Waals surface area contributed by atoms with Gasteiger partial charge in [-0.05, 0) is 34.1 Å². The summed E-state index contributed by atoms with van der Waals surface area (Å²) in [6.45, 7) is 24.7. The van der Waals surface area contributed by atoms with Gasteiger partial charge in [0.15, 0.2) is 0 Å². The van der Waals surface area contributed by atoms with Crippen molar-refractivity contribution in [2.45, 2.75) is 41.0 Å². The molecular formula is C22H34O8. The molecule has 0 bridgehead atoms. The molecule has 2 N–H and O–H groups in total. The first kappa shape index (κ1) is 34.1. The molecule has 0 rings (SSSR count). The SMILES string of the molecule is C=C(C)C(=O)O.C=C(C)C(=O)O.C=C(C)C(=O)OCCOC(=O)C(=C)C.C=CCC. The summed E-state index contributed by atoms with van der Waals surface area (Å²) in [5.74, 6) is -2.85. The van der Waals surface area contributed by atoms with Gasteiger partial charge < -0.3 is 19.7 Å². The standard InChI is InChI=1S/C10H14O4.2C4H6O2.C4H8/c1-7(2)9(11)13-5-6-14-10(12)8(3)4;2*1-3(2)4(5)6;1-3-4-2/h1,3,5-6H2,2,4H3;2*1H2,2H3,(H,5,6);3H,1,4H2,2H3. The molecule has 0 heterocycles. The van der Waals surface area contributed by atoms with Gasteiger partial charge in [-0.1, -0.05) is 39.3 Å². The molecule has 0 radical (unpaired) electrons. The minimum Gasteiger partial charge on any atom is -0.478 e. The van der Waals surface area contributed by atoms with E-state index in [9.17, 15) is 19.2 Å². The Morgan fingerprint density at radius 3 is 1.00 bits per heavy atom. The van der Waals surface area contributed by atoms with E-state index in [0.717, 1.165) is 6.42 Å². The van der Waals surface area contributed by atoms with Gasteiger partial charge in [0.25, 0.3) is 0 Å². The van der Waals surface area contributed by atoms with Gasteiger partial charge in [-0.25, -0.2) is 19.2 Å². The van der Waals surface area contributed by atoms with Crippen LogP contribution >= 0.6 is 0 Å². The van der Waals surface area contributed by atoms with Crippen molar-refractivity contribution < 1.29 is 38.9 Å². The maximum absolute atomic E-state index is 10.8. The second-order valence-corrected chi connectivity index (χ2v) is 5.70. The average molecular weight is 427 g/mol. The number of aliphatic carboxylic acids is 2. The van der Waals surface area contributed by atoms with Crippen molar-refractivity contribution in [3.63, 3.8) is 0 Å². The Labute approximate surface area is 178 Å². The van der Waals surface area contributed by atoms with Gasteiger partial charge in [0.05, 0.1) is 0 Å². The molecule has 30 heavy (non-hydrogen) atoms. The van der Waals surface area contributed by atoms with E-state index >= 15 is 0 Å². The molecule has 0 amide bonds. The van der Waals surface area contributed by atoms with E-state index in [1.165, 1.54) is 13.8 Å². The molecule has 0 aromatic heterocycles. The van der Waals surface area contributed by atoms with Crippen molar-refractivity contribution in [2.75, 3.05) is 13.2 Å².